The Kier molecular flexibility index (Phi) is 6.27. The standard InChI is InChI=1S/C43H31N3Si/c1-47(2)39-27-31-17-10-9-16-30(31)26-38(39)36-18-11-19-37(40(36)47)43-45-41(29-14-7-4-8-15-29)44-42(46-43)35-23-22-33-24-32(20-21-34(33)25-35)28-12-5-3-6-13-28/h3-27H,1-2H3. The quantitative estimate of drug-likeness (QED) is 0.185. The van der Waals surface area contributed by atoms with Crippen LogP contribution in [0.1, 0.15) is 0 Å². The van der Waals surface area contributed by atoms with Gasteiger partial charge in [0.1, 0.15) is 8.07 Å². The van der Waals surface area contributed by atoms with Crippen LogP contribution in [0.2, 0.25) is 13.1 Å². The normalized spacial score (nSPS) is 13.1. The van der Waals surface area contributed by atoms with E-state index < -0.39 is 8.07 Å². The lowest BCUT2D eigenvalue weighted by Gasteiger charge is -2.22. The van der Waals surface area contributed by atoms with Crippen LogP contribution >= 0.6 is 0 Å². The molecule has 0 unspecified atom stereocenters. The minimum Gasteiger partial charge on any atom is -0.208 e. The molecular formula is C43H31N3Si. The Morgan fingerprint density at radius 1 is 0.362 bits per heavy atom. The molecule has 222 valence electrons. The van der Waals surface area contributed by atoms with Crippen LogP contribution in [0.4, 0.5) is 0 Å². The third kappa shape index (κ3) is 4.60. The summed E-state index contributed by atoms with van der Waals surface area (Å²) in [7, 11) is -2.09. The molecular weight excluding hydrogens is 587 g/mol. The Morgan fingerprint density at radius 3 is 1.62 bits per heavy atom. The van der Waals surface area contributed by atoms with Crippen molar-refractivity contribution in [2.75, 3.05) is 0 Å². The summed E-state index contributed by atoms with van der Waals surface area (Å²) in [4.78, 5) is 15.5. The highest BCUT2D eigenvalue weighted by Gasteiger charge is 2.40. The largest absolute Gasteiger partial charge is 0.208 e. The summed E-state index contributed by atoms with van der Waals surface area (Å²) in [6, 6.07) is 54.1. The molecule has 0 saturated heterocycles. The highest BCUT2D eigenvalue weighted by molar-refractivity contribution is 7.04. The van der Waals surface area contributed by atoms with Gasteiger partial charge in [0.15, 0.2) is 17.5 Å². The molecule has 9 rings (SSSR count). The molecule has 1 aliphatic heterocycles. The minimum absolute atomic E-state index is 0.682. The maximum absolute atomic E-state index is 5.23. The molecule has 0 N–H and O–H groups in total. The van der Waals surface area contributed by atoms with Gasteiger partial charge in [-0.25, -0.2) is 15.0 Å². The average Bonchev–Trinajstić information content (AvgIpc) is 3.36. The zero-order valence-corrected chi connectivity index (χ0v) is 27.3. The van der Waals surface area contributed by atoms with Crippen molar-refractivity contribution in [3.63, 3.8) is 0 Å². The van der Waals surface area contributed by atoms with E-state index in [4.69, 9.17) is 15.0 Å². The first kappa shape index (κ1) is 27.6. The maximum Gasteiger partial charge on any atom is 0.164 e. The molecule has 0 atom stereocenters. The van der Waals surface area contributed by atoms with Crippen LogP contribution in [-0.4, -0.2) is 23.0 Å². The van der Waals surface area contributed by atoms with Crippen LogP contribution in [0.15, 0.2) is 152 Å². The number of hydrogen-bond acceptors (Lipinski definition) is 3. The van der Waals surface area contributed by atoms with Gasteiger partial charge in [-0.2, -0.15) is 0 Å². The van der Waals surface area contributed by atoms with Crippen molar-refractivity contribution in [1.82, 2.24) is 15.0 Å². The lowest BCUT2D eigenvalue weighted by Crippen LogP contribution is -2.50. The molecule has 0 radical (unpaired) electrons. The van der Waals surface area contributed by atoms with E-state index in [1.54, 1.807) is 0 Å². The van der Waals surface area contributed by atoms with Crippen molar-refractivity contribution in [2.45, 2.75) is 13.1 Å². The number of benzene rings is 7. The lowest BCUT2D eigenvalue weighted by atomic mass is 9.99. The van der Waals surface area contributed by atoms with Gasteiger partial charge in [0.05, 0.1) is 0 Å². The molecule has 3 nitrogen and oxygen atoms in total. The van der Waals surface area contributed by atoms with Gasteiger partial charge in [0.2, 0.25) is 0 Å². The van der Waals surface area contributed by atoms with E-state index in [1.165, 1.54) is 48.8 Å². The SMILES string of the molecule is C[Si]1(C)c2cc3ccccc3cc2-c2cccc(-c3nc(-c4ccccc4)nc(-c4ccc5cc(-c6ccccc6)ccc5c4)n3)c21. The highest BCUT2D eigenvalue weighted by atomic mass is 28.3. The van der Waals surface area contributed by atoms with E-state index in [0.29, 0.717) is 11.6 Å². The second-order valence-corrected chi connectivity index (χ2v) is 17.2. The smallest absolute Gasteiger partial charge is 0.164 e. The molecule has 8 aromatic rings. The molecule has 0 bridgehead atoms. The Hall–Kier alpha value is -5.71. The molecule has 7 aromatic carbocycles. The van der Waals surface area contributed by atoms with Crippen LogP contribution in [0, 0.1) is 0 Å². The van der Waals surface area contributed by atoms with E-state index in [1.807, 2.05) is 18.2 Å². The van der Waals surface area contributed by atoms with E-state index in [-0.39, 0.29) is 0 Å². The number of rotatable bonds is 4. The Labute approximate surface area is 275 Å². The maximum atomic E-state index is 5.23. The number of aromatic nitrogens is 3. The predicted molar refractivity (Wildman–Crippen MR) is 199 cm³/mol. The molecule has 0 aliphatic carbocycles. The summed E-state index contributed by atoms with van der Waals surface area (Å²) in [6.45, 7) is 4.92. The first-order chi connectivity index (χ1) is 23.0. The number of nitrogens with zero attached hydrogens (tertiary/aromatic N) is 3. The summed E-state index contributed by atoms with van der Waals surface area (Å²) < 4.78 is 0. The van der Waals surface area contributed by atoms with Crippen molar-refractivity contribution >= 4 is 40.0 Å². The zero-order chi connectivity index (χ0) is 31.5. The van der Waals surface area contributed by atoms with Crippen LogP contribution in [0.3, 0.4) is 0 Å². The molecule has 0 saturated carbocycles. The topological polar surface area (TPSA) is 38.7 Å². The van der Waals surface area contributed by atoms with Gasteiger partial charge >= 0.3 is 0 Å². The van der Waals surface area contributed by atoms with Gasteiger partial charge in [-0.3, -0.25) is 0 Å². The third-order valence-corrected chi connectivity index (χ3v) is 13.2. The van der Waals surface area contributed by atoms with E-state index >= 15 is 0 Å². The van der Waals surface area contributed by atoms with Crippen molar-refractivity contribution < 1.29 is 0 Å². The first-order valence-electron chi connectivity index (χ1n) is 16.1. The van der Waals surface area contributed by atoms with E-state index in [2.05, 4.69) is 147 Å². The van der Waals surface area contributed by atoms with Gasteiger partial charge in [-0.1, -0.05) is 147 Å². The number of fused-ring (bicyclic) bond motifs is 5. The summed E-state index contributed by atoms with van der Waals surface area (Å²) >= 11 is 0. The highest BCUT2D eigenvalue weighted by Crippen LogP contribution is 2.36. The average molecular weight is 618 g/mol. The van der Waals surface area contributed by atoms with E-state index in [9.17, 15) is 0 Å². The molecule has 1 aromatic heterocycles. The Balaban J connectivity index is 1.22. The molecule has 2 heterocycles. The van der Waals surface area contributed by atoms with Crippen LogP contribution in [-0.2, 0) is 0 Å². The van der Waals surface area contributed by atoms with Crippen LogP contribution in [0.25, 0.3) is 78.0 Å². The van der Waals surface area contributed by atoms with Gasteiger partial charge < -0.3 is 0 Å². The first-order valence-corrected chi connectivity index (χ1v) is 19.1. The fourth-order valence-electron chi connectivity index (χ4n) is 7.29. The van der Waals surface area contributed by atoms with Gasteiger partial charge in [0.25, 0.3) is 0 Å². The van der Waals surface area contributed by atoms with Crippen molar-refractivity contribution in [3.8, 4) is 56.4 Å². The summed E-state index contributed by atoms with van der Waals surface area (Å²) in [5, 5.41) is 7.78. The summed E-state index contributed by atoms with van der Waals surface area (Å²) in [6.07, 6.45) is 0. The summed E-state index contributed by atoms with van der Waals surface area (Å²) in [5.74, 6) is 2.09. The van der Waals surface area contributed by atoms with Crippen molar-refractivity contribution in [1.29, 1.82) is 0 Å². The van der Waals surface area contributed by atoms with Crippen LogP contribution < -0.4 is 10.4 Å². The van der Waals surface area contributed by atoms with Gasteiger partial charge in [-0.05, 0) is 72.4 Å². The monoisotopic (exact) mass is 617 g/mol. The molecule has 0 spiro atoms. The fraction of sp³-hybridized carbons (Fsp3) is 0.0465. The van der Waals surface area contributed by atoms with Gasteiger partial charge in [-0.15, -0.1) is 0 Å². The van der Waals surface area contributed by atoms with E-state index in [0.717, 1.165) is 27.9 Å². The Bertz CT molecular complexity index is 2490. The van der Waals surface area contributed by atoms with Crippen molar-refractivity contribution in [2.24, 2.45) is 0 Å². The molecule has 0 fully saturated rings. The molecule has 47 heavy (non-hydrogen) atoms. The Morgan fingerprint density at radius 2 is 0.894 bits per heavy atom. The molecule has 1 aliphatic rings. The molecule has 0 amide bonds. The minimum atomic E-state index is -2.09. The number of hydrogen-bond donors (Lipinski definition) is 0. The second-order valence-electron chi connectivity index (χ2n) is 12.9. The van der Waals surface area contributed by atoms with Crippen molar-refractivity contribution in [3.05, 3.63) is 152 Å². The zero-order valence-electron chi connectivity index (χ0n) is 26.3. The second kappa shape index (κ2) is 10.7. The fourth-order valence-corrected chi connectivity index (χ4v) is 10.7. The molecule has 4 heteroatoms. The summed E-state index contributed by atoms with van der Waals surface area (Å²) in [5.41, 5.74) is 8.13. The van der Waals surface area contributed by atoms with Gasteiger partial charge in [0, 0.05) is 16.7 Å². The van der Waals surface area contributed by atoms with Crippen LogP contribution in [0.5, 0.6) is 0 Å². The third-order valence-electron chi connectivity index (χ3n) is 9.65. The lowest BCUT2D eigenvalue weighted by molar-refractivity contribution is 1.08. The predicted octanol–water partition coefficient (Wildman–Crippen LogP) is 9.65.